The summed E-state index contributed by atoms with van der Waals surface area (Å²) < 4.78 is 8.85. The first-order chi connectivity index (χ1) is 6.86. The average Bonchev–Trinajstić information content (AvgIpc) is 2.92. The van der Waals surface area contributed by atoms with Crippen LogP contribution in [0.5, 0.6) is 0 Å². The zero-order chi connectivity index (χ0) is 10.2. The number of aldehydes is 1. The molecule has 2 aromatic rings. The van der Waals surface area contributed by atoms with E-state index in [0.717, 1.165) is 0 Å². The Bertz CT molecular complexity index is 341. The molecule has 0 radical (unpaired) electrons. The van der Waals surface area contributed by atoms with Gasteiger partial charge in [0, 0.05) is 12.1 Å². The molecule has 0 spiro atoms. The zero-order valence-corrected chi connectivity index (χ0v) is 7.16. The lowest BCUT2D eigenvalue weighted by Crippen LogP contribution is -1.72. The number of hydrogen-bond acceptors (Lipinski definition) is 6. The second-order valence-corrected chi connectivity index (χ2v) is 2.17. The Balaban J connectivity index is 0.000000140. The van der Waals surface area contributed by atoms with E-state index in [2.05, 4.69) is 19.4 Å². The maximum atomic E-state index is 9.73. The summed E-state index contributed by atoms with van der Waals surface area (Å²) in [7, 11) is 0. The largest absolute Gasteiger partial charge is 0.388 e. The van der Waals surface area contributed by atoms with Crippen LogP contribution in [0, 0.1) is 0 Å². The van der Waals surface area contributed by atoms with E-state index in [1.54, 1.807) is 6.07 Å². The minimum absolute atomic E-state index is 0.0694. The number of aliphatic hydroxyl groups excluding tert-OH is 1. The molecule has 0 aromatic carbocycles. The third kappa shape index (κ3) is 3.20. The van der Waals surface area contributed by atoms with Gasteiger partial charge in [0.15, 0.2) is 17.8 Å². The summed E-state index contributed by atoms with van der Waals surface area (Å²) in [6.45, 7) is -0.0694. The van der Waals surface area contributed by atoms with Gasteiger partial charge in [-0.1, -0.05) is 10.3 Å². The summed E-state index contributed by atoms with van der Waals surface area (Å²) in [6, 6.07) is 3.10. The van der Waals surface area contributed by atoms with Crippen molar-refractivity contribution in [3.8, 4) is 0 Å². The molecule has 6 nitrogen and oxygen atoms in total. The van der Waals surface area contributed by atoms with Crippen LogP contribution in [0.2, 0.25) is 0 Å². The Kier molecular flexibility index (Phi) is 4.09. The number of hydrogen-bond donors (Lipinski definition) is 1. The maximum absolute atomic E-state index is 9.73. The zero-order valence-electron chi connectivity index (χ0n) is 7.16. The summed E-state index contributed by atoms with van der Waals surface area (Å²) in [5.41, 5.74) is 0. The number of rotatable bonds is 2. The van der Waals surface area contributed by atoms with Crippen molar-refractivity contribution in [3.05, 3.63) is 36.0 Å². The van der Waals surface area contributed by atoms with Crippen molar-refractivity contribution in [1.29, 1.82) is 0 Å². The van der Waals surface area contributed by atoms with Crippen LogP contribution in [-0.2, 0) is 6.61 Å². The van der Waals surface area contributed by atoms with E-state index in [-0.39, 0.29) is 12.4 Å². The van der Waals surface area contributed by atoms with Gasteiger partial charge < -0.3 is 14.2 Å². The van der Waals surface area contributed by atoms with E-state index in [4.69, 9.17) is 5.11 Å². The van der Waals surface area contributed by atoms with Crippen LogP contribution in [0.25, 0.3) is 0 Å². The Morgan fingerprint density at radius 1 is 1.29 bits per heavy atom. The minimum Gasteiger partial charge on any atom is -0.388 e. The molecule has 0 saturated carbocycles. The first-order valence-electron chi connectivity index (χ1n) is 3.73. The molecule has 0 aliphatic carbocycles. The van der Waals surface area contributed by atoms with Gasteiger partial charge >= 0.3 is 0 Å². The van der Waals surface area contributed by atoms with Gasteiger partial charge in [-0.2, -0.15) is 0 Å². The standard InChI is InChI=1S/C4H5NO2.C4H3NO2/c2*6-3-4-1-2-5-7-4/h1-2,6H,3H2;1-3H. The lowest BCUT2D eigenvalue weighted by molar-refractivity contribution is 0.109. The van der Waals surface area contributed by atoms with Gasteiger partial charge in [0.1, 0.15) is 6.61 Å². The molecule has 14 heavy (non-hydrogen) atoms. The van der Waals surface area contributed by atoms with Gasteiger partial charge in [-0.25, -0.2) is 0 Å². The van der Waals surface area contributed by atoms with E-state index in [0.29, 0.717) is 12.0 Å². The van der Waals surface area contributed by atoms with Crippen LogP contribution >= 0.6 is 0 Å². The summed E-state index contributed by atoms with van der Waals surface area (Å²) in [5, 5.41) is 14.9. The van der Waals surface area contributed by atoms with Crippen LogP contribution < -0.4 is 0 Å². The molecule has 0 aliphatic heterocycles. The van der Waals surface area contributed by atoms with Gasteiger partial charge in [0.2, 0.25) is 0 Å². The molecule has 74 valence electrons. The van der Waals surface area contributed by atoms with Crippen LogP contribution in [0.1, 0.15) is 16.3 Å². The highest BCUT2D eigenvalue weighted by atomic mass is 16.5. The number of nitrogens with zero attached hydrogens (tertiary/aromatic N) is 2. The predicted molar refractivity (Wildman–Crippen MR) is 44.3 cm³/mol. The highest BCUT2D eigenvalue weighted by Gasteiger charge is 1.88. The highest BCUT2D eigenvalue weighted by Crippen LogP contribution is 1.92. The summed E-state index contributed by atoms with van der Waals surface area (Å²) in [6.07, 6.45) is 3.52. The summed E-state index contributed by atoms with van der Waals surface area (Å²) in [5.74, 6) is 0.764. The van der Waals surface area contributed by atoms with Crippen molar-refractivity contribution in [2.75, 3.05) is 0 Å². The molecule has 1 N–H and O–H groups in total. The molecule has 0 bridgehead atoms. The molecule has 0 atom stereocenters. The molecular weight excluding hydrogens is 188 g/mol. The predicted octanol–water partition coefficient (Wildman–Crippen LogP) is 0.654. The fourth-order valence-electron chi connectivity index (χ4n) is 0.610. The van der Waals surface area contributed by atoms with E-state index in [1.807, 2.05) is 0 Å². The molecule has 0 unspecified atom stereocenters. The normalized spacial score (nSPS) is 8.93. The Hall–Kier alpha value is -1.95. The molecule has 2 aromatic heterocycles. The fraction of sp³-hybridized carbons (Fsp3) is 0.125. The molecule has 0 fully saturated rings. The van der Waals surface area contributed by atoms with Crippen molar-refractivity contribution < 1.29 is 18.9 Å². The van der Waals surface area contributed by atoms with E-state index in [9.17, 15) is 4.79 Å². The van der Waals surface area contributed by atoms with E-state index >= 15 is 0 Å². The molecular formula is C8H8N2O4. The fourth-order valence-corrected chi connectivity index (χ4v) is 0.610. The van der Waals surface area contributed by atoms with Crippen molar-refractivity contribution in [1.82, 2.24) is 10.3 Å². The Morgan fingerprint density at radius 3 is 2.29 bits per heavy atom. The lowest BCUT2D eigenvalue weighted by Gasteiger charge is -1.76. The lowest BCUT2D eigenvalue weighted by atomic mass is 10.5. The van der Waals surface area contributed by atoms with Gasteiger partial charge in [-0.05, 0) is 0 Å². The Labute approximate surface area is 79.1 Å². The first kappa shape index (κ1) is 10.1. The van der Waals surface area contributed by atoms with Crippen LogP contribution in [0.3, 0.4) is 0 Å². The third-order valence-electron chi connectivity index (χ3n) is 1.22. The van der Waals surface area contributed by atoms with E-state index in [1.165, 1.54) is 18.5 Å². The van der Waals surface area contributed by atoms with Gasteiger partial charge in [-0.3, -0.25) is 4.79 Å². The molecule has 0 aliphatic rings. The topological polar surface area (TPSA) is 89.4 Å². The highest BCUT2D eigenvalue weighted by molar-refractivity contribution is 5.69. The second-order valence-electron chi connectivity index (χ2n) is 2.17. The Morgan fingerprint density at radius 2 is 2.00 bits per heavy atom. The summed E-state index contributed by atoms with van der Waals surface area (Å²) >= 11 is 0. The molecule has 2 rings (SSSR count). The molecule has 2 heterocycles. The molecule has 6 heteroatoms. The van der Waals surface area contributed by atoms with Crippen LogP contribution in [0.15, 0.2) is 33.6 Å². The number of carbonyl (C=O) groups excluding carboxylic acids is 1. The summed E-state index contributed by atoms with van der Waals surface area (Å²) in [4.78, 5) is 9.73. The second kappa shape index (κ2) is 5.65. The quantitative estimate of drug-likeness (QED) is 0.709. The smallest absolute Gasteiger partial charge is 0.199 e. The first-order valence-corrected chi connectivity index (χ1v) is 3.73. The maximum Gasteiger partial charge on any atom is 0.199 e. The van der Waals surface area contributed by atoms with Crippen molar-refractivity contribution in [3.63, 3.8) is 0 Å². The van der Waals surface area contributed by atoms with Crippen molar-refractivity contribution in [2.24, 2.45) is 0 Å². The van der Waals surface area contributed by atoms with Gasteiger partial charge in [-0.15, -0.1) is 0 Å². The van der Waals surface area contributed by atoms with Crippen LogP contribution in [-0.4, -0.2) is 21.7 Å². The van der Waals surface area contributed by atoms with Crippen LogP contribution in [0.4, 0.5) is 0 Å². The van der Waals surface area contributed by atoms with E-state index < -0.39 is 0 Å². The van der Waals surface area contributed by atoms with Gasteiger partial charge in [0.25, 0.3) is 0 Å². The van der Waals surface area contributed by atoms with Crippen molar-refractivity contribution >= 4 is 6.29 Å². The SMILES string of the molecule is O=Cc1ccno1.OCc1ccno1. The molecule has 0 amide bonds. The number of carbonyl (C=O) groups is 1. The average molecular weight is 196 g/mol. The minimum atomic E-state index is -0.0694. The third-order valence-corrected chi connectivity index (χ3v) is 1.22. The molecule has 0 saturated heterocycles. The van der Waals surface area contributed by atoms with Crippen molar-refractivity contribution in [2.45, 2.75) is 6.61 Å². The monoisotopic (exact) mass is 196 g/mol. The van der Waals surface area contributed by atoms with Gasteiger partial charge in [0.05, 0.1) is 12.4 Å². The number of aromatic nitrogens is 2. The number of aliphatic hydroxyl groups is 1.